The molecule has 6 nitrogen and oxygen atoms in total. The van der Waals surface area contributed by atoms with E-state index in [1.165, 1.54) is 0 Å². The lowest BCUT2D eigenvalue weighted by Gasteiger charge is -2.11. The van der Waals surface area contributed by atoms with Crippen molar-refractivity contribution in [3.63, 3.8) is 0 Å². The summed E-state index contributed by atoms with van der Waals surface area (Å²) in [6.07, 6.45) is 1.79. The lowest BCUT2D eigenvalue weighted by molar-refractivity contribution is 0.668. The number of aromatic nitrogens is 4. The van der Waals surface area contributed by atoms with E-state index in [-0.39, 0.29) is 0 Å². The van der Waals surface area contributed by atoms with Gasteiger partial charge in [-0.05, 0) is 48.5 Å². The number of hydrogen-bond donors (Lipinski definition) is 0. The summed E-state index contributed by atoms with van der Waals surface area (Å²) in [5, 5.41) is 4.29. The van der Waals surface area contributed by atoms with E-state index in [1.807, 2.05) is 97.1 Å². The summed E-state index contributed by atoms with van der Waals surface area (Å²) in [6.45, 7) is 0. The second kappa shape index (κ2) is 9.71. The van der Waals surface area contributed by atoms with Crippen LogP contribution in [0.2, 0.25) is 0 Å². The van der Waals surface area contributed by atoms with Crippen LogP contribution >= 0.6 is 0 Å². The quantitative estimate of drug-likeness (QED) is 0.211. The summed E-state index contributed by atoms with van der Waals surface area (Å²) in [5.41, 5.74) is 7.52. The van der Waals surface area contributed by atoms with Gasteiger partial charge in [0.1, 0.15) is 22.3 Å². The van der Waals surface area contributed by atoms with E-state index >= 15 is 0 Å². The minimum Gasteiger partial charge on any atom is -0.456 e. The molecule has 0 saturated heterocycles. The SMILES string of the molecule is c1ccc(-c2nc(-c3ccc4c(c3)oc3ccccc34)nc(-c3cccnc3-c3ccc4c(c3)oc3ccccc34)n2)cc1. The Labute approximate surface area is 251 Å². The summed E-state index contributed by atoms with van der Waals surface area (Å²) in [6, 6.07) is 42.3. The minimum absolute atomic E-state index is 0.534. The van der Waals surface area contributed by atoms with E-state index in [2.05, 4.69) is 30.3 Å². The van der Waals surface area contributed by atoms with Crippen LogP contribution in [-0.4, -0.2) is 19.9 Å². The number of rotatable bonds is 4. The molecule has 5 aromatic carbocycles. The summed E-state index contributed by atoms with van der Waals surface area (Å²) in [5.74, 6) is 1.67. The molecule has 0 spiro atoms. The molecule has 0 atom stereocenters. The molecule has 0 aliphatic rings. The van der Waals surface area contributed by atoms with Crippen molar-refractivity contribution in [1.82, 2.24) is 19.9 Å². The third kappa shape index (κ3) is 3.96. The third-order valence-corrected chi connectivity index (χ3v) is 8.01. The predicted molar refractivity (Wildman–Crippen MR) is 174 cm³/mol. The first-order chi connectivity index (χ1) is 21.8. The van der Waals surface area contributed by atoms with Crippen LogP contribution in [0.5, 0.6) is 0 Å². The van der Waals surface area contributed by atoms with Crippen molar-refractivity contribution in [3.05, 3.63) is 134 Å². The number of pyridine rings is 1. The van der Waals surface area contributed by atoms with Gasteiger partial charge in [-0.3, -0.25) is 4.98 Å². The largest absolute Gasteiger partial charge is 0.456 e. The number of furan rings is 2. The maximum absolute atomic E-state index is 6.19. The summed E-state index contributed by atoms with van der Waals surface area (Å²) in [7, 11) is 0. The van der Waals surface area contributed by atoms with Gasteiger partial charge in [0.15, 0.2) is 17.5 Å². The zero-order chi connectivity index (χ0) is 29.0. The minimum atomic E-state index is 0.534. The maximum Gasteiger partial charge on any atom is 0.166 e. The molecule has 0 fully saturated rings. The van der Waals surface area contributed by atoms with E-state index < -0.39 is 0 Å². The van der Waals surface area contributed by atoms with Gasteiger partial charge in [0.2, 0.25) is 0 Å². The standard InChI is InChI=1S/C38H22N4O2/c1-2-9-23(10-3-1)36-40-37(25-17-19-29-27-12-5-7-15-32(27)44-34(29)22-25)42-38(41-36)30-13-8-20-39-35(30)24-16-18-28-26-11-4-6-14-31(26)43-33(28)21-24/h1-22H. The molecule has 44 heavy (non-hydrogen) atoms. The topological polar surface area (TPSA) is 77.8 Å². The Morgan fingerprint density at radius 1 is 0.386 bits per heavy atom. The molecule has 0 saturated carbocycles. The van der Waals surface area contributed by atoms with Crippen LogP contribution in [0, 0.1) is 0 Å². The molecule has 0 aliphatic carbocycles. The molecule has 9 aromatic rings. The highest BCUT2D eigenvalue weighted by atomic mass is 16.3. The Kier molecular flexibility index (Phi) is 5.40. The monoisotopic (exact) mass is 566 g/mol. The molecule has 0 bridgehead atoms. The van der Waals surface area contributed by atoms with Gasteiger partial charge in [0.25, 0.3) is 0 Å². The second-order valence-corrected chi connectivity index (χ2v) is 10.7. The summed E-state index contributed by atoms with van der Waals surface area (Å²) >= 11 is 0. The Balaban J connectivity index is 1.23. The van der Waals surface area contributed by atoms with Crippen molar-refractivity contribution in [1.29, 1.82) is 0 Å². The second-order valence-electron chi connectivity index (χ2n) is 10.7. The van der Waals surface area contributed by atoms with Crippen LogP contribution in [0.1, 0.15) is 0 Å². The van der Waals surface area contributed by atoms with E-state index in [0.29, 0.717) is 17.5 Å². The molecule has 4 aromatic heterocycles. The van der Waals surface area contributed by atoms with Crippen molar-refractivity contribution in [2.24, 2.45) is 0 Å². The molecule has 206 valence electrons. The molecular weight excluding hydrogens is 544 g/mol. The fourth-order valence-corrected chi connectivity index (χ4v) is 5.90. The highest BCUT2D eigenvalue weighted by molar-refractivity contribution is 6.07. The van der Waals surface area contributed by atoms with Crippen LogP contribution in [0.25, 0.3) is 89.3 Å². The van der Waals surface area contributed by atoms with Crippen molar-refractivity contribution in [2.45, 2.75) is 0 Å². The van der Waals surface area contributed by atoms with Gasteiger partial charge in [-0.1, -0.05) is 78.9 Å². The Morgan fingerprint density at radius 2 is 0.932 bits per heavy atom. The molecule has 0 radical (unpaired) electrons. The first-order valence-electron chi connectivity index (χ1n) is 14.4. The number of para-hydroxylation sites is 2. The zero-order valence-corrected chi connectivity index (χ0v) is 23.3. The average Bonchev–Trinajstić information content (AvgIpc) is 3.66. The van der Waals surface area contributed by atoms with E-state index in [1.54, 1.807) is 6.20 Å². The number of hydrogen-bond acceptors (Lipinski definition) is 6. The van der Waals surface area contributed by atoms with Gasteiger partial charge in [0.05, 0.1) is 5.69 Å². The first kappa shape index (κ1) is 24.5. The third-order valence-electron chi connectivity index (χ3n) is 8.01. The summed E-state index contributed by atoms with van der Waals surface area (Å²) in [4.78, 5) is 19.7. The Bertz CT molecular complexity index is 2510. The fraction of sp³-hybridized carbons (Fsp3) is 0. The molecule has 6 heteroatoms. The van der Waals surface area contributed by atoms with Gasteiger partial charge in [0, 0.05) is 50.0 Å². The van der Waals surface area contributed by atoms with Crippen LogP contribution in [0.3, 0.4) is 0 Å². The van der Waals surface area contributed by atoms with Gasteiger partial charge in [-0.15, -0.1) is 0 Å². The smallest absolute Gasteiger partial charge is 0.166 e. The van der Waals surface area contributed by atoms with Gasteiger partial charge >= 0.3 is 0 Å². The van der Waals surface area contributed by atoms with Gasteiger partial charge in [-0.2, -0.15) is 0 Å². The lowest BCUT2D eigenvalue weighted by Crippen LogP contribution is -2.01. The highest BCUT2D eigenvalue weighted by Gasteiger charge is 2.18. The fourth-order valence-electron chi connectivity index (χ4n) is 5.90. The lowest BCUT2D eigenvalue weighted by atomic mass is 10.0. The van der Waals surface area contributed by atoms with E-state index in [4.69, 9.17) is 28.8 Å². The molecule has 0 aliphatic heterocycles. The van der Waals surface area contributed by atoms with Crippen molar-refractivity contribution >= 4 is 43.9 Å². The Morgan fingerprint density at radius 3 is 1.64 bits per heavy atom. The van der Waals surface area contributed by atoms with Gasteiger partial charge < -0.3 is 8.83 Å². The van der Waals surface area contributed by atoms with Crippen LogP contribution in [0.4, 0.5) is 0 Å². The summed E-state index contributed by atoms with van der Waals surface area (Å²) < 4.78 is 12.4. The molecule has 0 amide bonds. The molecule has 0 N–H and O–H groups in total. The predicted octanol–water partition coefficient (Wildman–Crippen LogP) is 9.73. The van der Waals surface area contributed by atoms with Gasteiger partial charge in [-0.25, -0.2) is 15.0 Å². The average molecular weight is 567 g/mol. The zero-order valence-electron chi connectivity index (χ0n) is 23.3. The highest BCUT2D eigenvalue weighted by Crippen LogP contribution is 2.36. The molecule has 4 heterocycles. The van der Waals surface area contributed by atoms with E-state index in [9.17, 15) is 0 Å². The maximum atomic E-state index is 6.19. The van der Waals surface area contributed by atoms with Crippen LogP contribution < -0.4 is 0 Å². The van der Waals surface area contributed by atoms with Crippen LogP contribution in [-0.2, 0) is 0 Å². The van der Waals surface area contributed by atoms with Crippen molar-refractivity contribution < 1.29 is 8.83 Å². The van der Waals surface area contributed by atoms with E-state index in [0.717, 1.165) is 71.8 Å². The Hall–Kier alpha value is -6.14. The van der Waals surface area contributed by atoms with Crippen molar-refractivity contribution in [2.75, 3.05) is 0 Å². The molecule has 0 unspecified atom stereocenters. The van der Waals surface area contributed by atoms with Crippen LogP contribution in [0.15, 0.2) is 142 Å². The van der Waals surface area contributed by atoms with Crippen molar-refractivity contribution in [3.8, 4) is 45.4 Å². The molecular formula is C38H22N4O2. The number of nitrogens with zero attached hydrogens (tertiary/aromatic N) is 4. The first-order valence-corrected chi connectivity index (χ1v) is 14.4. The molecule has 9 rings (SSSR count). The number of fused-ring (bicyclic) bond motifs is 6. The normalized spacial score (nSPS) is 11.6. The number of benzene rings is 5.